The molecule has 0 fully saturated rings. The van der Waals surface area contributed by atoms with Crippen molar-refractivity contribution in [3.05, 3.63) is 40.3 Å². The Labute approximate surface area is 129 Å². The largest absolute Gasteiger partial charge is 0.427 e. The second-order valence-electron chi connectivity index (χ2n) is 4.91. The first-order valence-corrected chi connectivity index (χ1v) is 8.88. The third-order valence-electron chi connectivity index (χ3n) is 3.27. The van der Waals surface area contributed by atoms with Gasteiger partial charge in [0.2, 0.25) is 0 Å². The number of carbonyl (C=O) groups is 1. The van der Waals surface area contributed by atoms with Crippen molar-refractivity contribution in [1.29, 1.82) is 0 Å². The van der Waals surface area contributed by atoms with Crippen molar-refractivity contribution in [2.24, 2.45) is 0 Å². The first-order valence-electron chi connectivity index (χ1n) is 6.85. The van der Waals surface area contributed by atoms with Crippen molar-refractivity contribution in [1.82, 2.24) is 0 Å². The molecule has 4 nitrogen and oxygen atoms in total. The number of sulfone groups is 1. The highest BCUT2D eigenvalue weighted by Crippen LogP contribution is 2.23. The van der Waals surface area contributed by atoms with Gasteiger partial charge >= 0.3 is 5.97 Å². The number of hydrogen-bond donors (Lipinski definition) is 0. The van der Waals surface area contributed by atoms with Crippen LogP contribution in [0.15, 0.2) is 35.2 Å². The van der Waals surface area contributed by atoms with Gasteiger partial charge in [-0.1, -0.05) is 17.7 Å². The van der Waals surface area contributed by atoms with E-state index in [9.17, 15) is 13.2 Å². The van der Waals surface area contributed by atoms with Gasteiger partial charge in [0, 0.05) is 9.93 Å². The molecule has 114 valence electrons. The second-order valence-corrected chi connectivity index (χ2v) is 7.51. The Kier molecular flexibility index (Phi) is 5.42. The number of benzene rings is 1. The molecular weight excluding hydrogens is 312 g/mol. The van der Waals surface area contributed by atoms with Crippen LogP contribution in [0.1, 0.15) is 32.1 Å². The van der Waals surface area contributed by atoms with Crippen molar-refractivity contribution in [3.8, 4) is 5.75 Å². The summed E-state index contributed by atoms with van der Waals surface area (Å²) in [5, 5.41) is 0.543. The predicted octanol–water partition coefficient (Wildman–Crippen LogP) is 3.51. The van der Waals surface area contributed by atoms with Gasteiger partial charge in [-0.25, -0.2) is 8.42 Å². The van der Waals surface area contributed by atoms with Crippen LogP contribution in [0, 0.1) is 0 Å². The number of rotatable bonds is 5. The van der Waals surface area contributed by atoms with Gasteiger partial charge in [0.25, 0.3) is 0 Å². The number of ether oxygens (including phenoxy) is 1. The maximum Gasteiger partial charge on any atom is 0.312 e. The molecule has 0 aliphatic heterocycles. The molecule has 0 bridgehead atoms. The molecule has 0 heterocycles. The minimum Gasteiger partial charge on any atom is -0.427 e. The van der Waals surface area contributed by atoms with E-state index in [1.165, 1.54) is 0 Å². The van der Waals surface area contributed by atoms with Crippen LogP contribution in [-0.2, 0) is 14.6 Å². The van der Waals surface area contributed by atoms with Crippen molar-refractivity contribution < 1.29 is 17.9 Å². The molecule has 0 saturated heterocycles. The number of hydrogen-bond acceptors (Lipinski definition) is 4. The van der Waals surface area contributed by atoms with Gasteiger partial charge in [0.05, 0.1) is 12.2 Å². The van der Waals surface area contributed by atoms with Gasteiger partial charge in [0.1, 0.15) is 5.75 Å². The Balaban J connectivity index is 1.88. The van der Waals surface area contributed by atoms with Gasteiger partial charge in [-0.2, -0.15) is 0 Å². The smallest absolute Gasteiger partial charge is 0.312 e. The molecule has 2 rings (SSSR count). The van der Waals surface area contributed by atoms with Crippen LogP contribution >= 0.6 is 11.6 Å². The molecule has 0 amide bonds. The van der Waals surface area contributed by atoms with E-state index in [0.717, 1.165) is 19.3 Å². The summed E-state index contributed by atoms with van der Waals surface area (Å²) in [4.78, 5) is 12.2. The number of allylic oxidation sites excluding steroid dienone is 2. The number of esters is 1. The molecule has 0 unspecified atom stereocenters. The van der Waals surface area contributed by atoms with Gasteiger partial charge in [-0.15, -0.1) is 0 Å². The van der Waals surface area contributed by atoms with E-state index in [1.54, 1.807) is 30.3 Å². The van der Waals surface area contributed by atoms with Crippen LogP contribution in [0.5, 0.6) is 5.75 Å². The summed E-state index contributed by atoms with van der Waals surface area (Å²) in [6, 6.07) is 6.35. The Morgan fingerprint density at radius 1 is 1.19 bits per heavy atom. The van der Waals surface area contributed by atoms with Crippen LogP contribution in [0.4, 0.5) is 0 Å². The van der Waals surface area contributed by atoms with Crippen LogP contribution in [-0.4, -0.2) is 20.1 Å². The second kappa shape index (κ2) is 7.09. The van der Waals surface area contributed by atoms with Crippen molar-refractivity contribution in [2.45, 2.75) is 32.1 Å². The van der Waals surface area contributed by atoms with E-state index >= 15 is 0 Å². The third-order valence-corrected chi connectivity index (χ3v) is 5.43. The molecule has 1 aromatic rings. The highest BCUT2D eigenvalue weighted by molar-refractivity contribution is 7.95. The Bertz CT molecular complexity index is 632. The van der Waals surface area contributed by atoms with Crippen LogP contribution in [0.3, 0.4) is 0 Å². The van der Waals surface area contributed by atoms with E-state index in [1.807, 2.05) is 0 Å². The lowest BCUT2D eigenvalue weighted by molar-refractivity contribution is -0.133. The van der Waals surface area contributed by atoms with Gasteiger partial charge in [-0.3, -0.25) is 4.79 Å². The van der Waals surface area contributed by atoms with Crippen molar-refractivity contribution in [3.63, 3.8) is 0 Å². The molecule has 0 atom stereocenters. The fourth-order valence-corrected chi connectivity index (χ4v) is 3.78. The SMILES string of the molecule is O=C(CCS(=O)(=O)C1=CCCCC1)Oc1ccc(Cl)cc1. The fraction of sp³-hybridized carbons (Fsp3) is 0.400. The van der Waals surface area contributed by atoms with E-state index in [0.29, 0.717) is 22.1 Å². The zero-order valence-corrected chi connectivity index (χ0v) is 13.1. The van der Waals surface area contributed by atoms with E-state index < -0.39 is 15.8 Å². The van der Waals surface area contributed by atoms with Crippen molar-refractivity contribution >= 4 is 27.4 Å². The molecule has 1 aliphatic carbocycles. The topological polar surface area (TPSA) is 60.4 Å². The van der Waals surface area contributed by atoms with Crippen molar-refractivity contribution in [2.75, 3.05) is 5.75 Å². The maximum absolute atomic E-state index is 12.1. The summed E-state index contributed by atoms with van der Waals surface area (Å²) in [5.41, 5.74) is 0. The quantitative estimate of drug-likeness (QED) is 0.613. The maximum atomic E-state index is 12.1. The van der Waals surface area contributed by atoms with Gasteiger partial charge < -0.3 is 4.74 Å². The van der Waals surface area contributed by atoms with E-state index in [4.69, 9.17) is 16.3 Å². The minimum atomic E-state index is -3.34. The first kappa shape index (κ1) is 16.0. The summed E-state index contributed by atoms with van der Waals surface area (Å²) < 4.78 is 29.3. The van der Waals surface area contributed by atoms with Gasteiger partial charge in [-0.05, 0) is 49.9 Å². The molecule has 0 aromatic heterocycles. The molecule has 1 aromatic carbocycles. The molecule has 6 heteroatoms. The fourth-order valence-electron chi connectivity index (χ4n) is 2.13. The van der Waals surface area contributed by atoms with E-state index in [2.05, 4.69) is 0 Å². The lowest BCUT2D eigenvalue weighted by Gasteiger charge is -2.13. The molecule has 0 spiro atoms. The van der Waals surface area contributed by atoms with E-state index in [-0.39, 0.29) is 12.2 Å². The summed E-state index contributed by atoms with van der Waals surface area (Å²) in [5.74, 6) is -0.401. The highest BCUT2D eigenvalue weighted by atomic mass is 35.5. The summed E-state index contributed by atoms with van der Waals surface area (Å²) in [6.45, 7) is 0. The Morgan fingerprint density at radius 3 is 2.52 bits per heavy atom. The molecule has 0 N–H and O–H groups in total. The number of halogens is 1. The molecule has 0 radical (unpaired) electrons. The molecule has 0 saturated carbocycles. The third kappa shape index (κ3) is 4.86. The Morgan fingerprint density at radius 2 is 1.90 bits per heavy atom. The number of carbonyl (C=O) groups excluding carboxylic acids is 1. The standard InChI is InChI=1S/C15H17ClO4S/c16-12-6-8-13(9-7-12)20-15(17)10-11-21(18,19)14-4-2-1-3-5-14/h4,6-9H,1-3,5,10-11H2. The zero-order valence-electron chi connectivity index (χ0n) is 11.5. The normalized spacial score (nSPS) is 15.4. The Hall–Kier alpha value is -1.33. The lowest BCUT2D eigenvalue weighted by atomic mass is 10.1. The predicted molar refractivity (Wildman–Crippen MR) is 82.0 cm³/mol. The molecular formula is C15H17ClO4S. The average molecular weight is 329 g/mol. The van der Waals surface area contributed by atoms with Crippen LogP contribution in [0.25, 0.3) is 0 Å². The lowest BCUT2D eigenvalue weighted by Crippen LogP contribution is -2.17. The van der Waals surface area contributed by atoms with Gasteiger partial charge in [0.15, 0.2) is 9.84 Å². The highest BCUT2D eigenvalue weighted by Gasteiger charge is 2.21. The average Bonchev–Trinajstić information content (AvgIpc) is 2.49. The van der Waals surface area contributed by atoms with Crippen LogP contribution < -0.4 is 4.74 Å². The summed E-state index contributed by atoms with van der Waals surface area (Å²) in [7, 11) is -3.34. The minimum absolute atomic E-state index is 0.150. The first-order chi connectivity index (χ1) is 9.97. The summed E-state index contributed by atoms with van der Waals surface area (Å²) in [6.07, 6.45) is 4.90. The monoisotopic (exact) mass is 328 g/mol. The van der Waals surface area contributed by atoms with Crippen LogP contribution in [0.2, 0.25) is 5.02 Å². The molecule has 21 heavy (non-hydrogen) atoms. The zero-order chi connectivity index (χ0) is 15.3. The molecule has 1 aliphatic rings. The summed E-state index contributed by atoms with van der Waals surface area (Å²) >= 11 is 5.73.